The van der Waals surface area contributed by atoms with Crippen molar-refractivity contribution in [2.75, 3.05) is 5.32 Å². The van der Waals surface area contributed by atoms with Gasteiger partial charge < -0.3 is 10.4 Å². The molecule has 1 saturated carbocycles. The molecule has 2 aromatic carbocycles. The van der Waals surface area contributed by atoms with Gasteiger partial charge in [-0.25, -0.2) is 4.39 Å². The first-order valence-electron chi connectivity index (χ1n) is 8.92. The monoisotopic (exact) mass is 379 g/mol. The zero-order chi connectivity index (χ0) is 18.6. The van der Waals surface area contributed by atoms with Crippen LogP contribution in [0.3, 0.4) is 0 Å². The maximum atomic E-state index is 13.8. The summed E-state index contributed by atoms with van der Waals surface area (Å²) in [6.07, 6.45) is 1.40. The van der Waals surface area contributed by atoms with Gasteiger partial charge in [-0.3, -0.25) is 0 Å². The third-order valence-corrected chi connectivity index (χ3v) is 6.12. The molecule has 136 valence electrons. The number of nitrogens with zero attached hydrogens (tertiary/aromatic N) is 2. The van der Waals surface area contributed by atoms with Gasteiger partial charge in [-0.05, 0) is 31.9 Å². The molecule has 0 spiro atoms. The Balaban J connectivity index is 1.58. The van der Waals surface area contributed by atoms with E-state index < -0.39 is 5.60 Å². The van der Waals surface area contributed by atoms with Crippen molar-refractivity contribution < 1.29 is 9.50 Å². The minimum absolute atomic E-state index is 0.187. The van der Waals surface area contributed by atoms with E-state index in [0.717, 1.165) is 32.5 Å². The van der Waals surface area contributed by atoms with Crippen molar-refractivity contribution in [2.45, 2.75) is 31.4 Å². The first-order chi connectivity index (χ1) is 13.0. The minimum atomic E-state index is -0.591. The highest BCUT2D eigenvalue weighted by atomic mass is 32.1. The fourth-order valence-corrected chi connectivity index (χ4v) is 4.71. The fourth-order valence-electron chi connectivity index (χ4n) is 3.86. The summed E-state index contributed by atoms with van der Waals surface area (Å²) in [5.41, 5.74) is 1.12. The van der Waals surface area contributed by atoms with E-state index in [-0.39, 0.29) is 11.9 Å². The van der Waals surface area contributed by atoms with E-state index in [0.29, 0.717) is 18.2 Å². The summed E-state index contributed by atoms with van der Waals surface area (Å²) in [4.78, 5) is 0. The topological polar surface area (TPSA) is 58.0 Å². The lowest BCUT2D eigenvalue weighted by molar-refractivity contribution is -0.0235. The number of hydrogen-bond donors (Lipinski definition) is 2. The van der Waals surface area contributed by atoms with Crippen molar-refractivity contribution in [3.63, 3.8) is 0 Å². The summed E-state index contributed by atoms with van der Waals surface area (Å²) in [5, 5.41) is 26.4. The SMILES string of the molecule is CC1(O)CC(Nc2nnc(-c3ccc4c(F)csc4c3)c3ccccc23)C1. The number of fused-ring (bicyclic) bond motifs is 2. The average Bonchev–Trinajstić information content (AvgIpc) is 3.01. The summed E-state index contributed by atoms with van der Waals surface area (Å²) in [7, 11) is 0. The van der Waals surface area contributed by atoms with Gasteiger partial charge in [0.2, 0.25) is 0 Å². The Labute approximate surface area is 159 Å². The van der Waals surface area contributed by atoms with Gasteiger partial charge in [0, 0.05) is 37.8 Å². The number of nitrogens with one attached hydrogen (secondary N) is 1. The Kier molecular flexibility index (Phi) is 3.67. The van der Waals surface area contributed by atoms with Crippen LogP contribution in [0, 0.1) is 5.82 Å². The number of halogens is 1. The predicted octanol–water partition coefficient (Wildman–Crippen LogP) is 4.98. The van der Waals surface area contributed by atoms with Crippen molar-refractivity contribution in [3.05, 3.63) is 53.7 Å². The van der Waals surface area contributed by atoms with E-state index >= 15 is 0 Å². The molecule has 6 heteroatoms. The summed E-state index contributed by atoms with van der Waals surface area (Å²) in [6.45, 7) is 1.85. The van der Waals surface area contributed by atoms with Crippen LogP contribution in [0.2, 0.25) is 0 Å². The van der Waals surface area contributed by atoms with Crippen LogP contribution < -0.4 is 5.32 Å². The second kappa shape index (κ2) is 5.97. The highest BCUT2D eigenvalue weighted by Gasteiger charge is 2.38. The lowest BCUT2D eigenvalue weighted by Gasteiger charge is -2.41. The predicted molar refractivity (Wildman–Crippen MR) is 108 cm³/mol. The maximum Gasteiger partial charge on any atom is 0.156 e. The van der Waals surface area contributed by atoms with E-state index in [1.165, 1.54) is 16.7 Å². The quantitative estimate of drug-likeness (QED) is 0.527. The van der Waals surface area contributed by atoms with Crippen molar-refractivity contribution in [2.24, 2.45) is 0 Å². The standard InChI is InChI=1S/C21H18FN3OS/c1-21(26)9-13(10-21)23-20-15-5-3-2-4-14(15)19(24-25-20)12-6-7-16-17(22)11-27-18(16)8-12/h2-8,11,13,26H,9-10H2,1H3,(H,23,25). The Bertz CT molecular complexity index is 1160. The van der Waals surface area contributed by atoms with Crippen LogP contribution in [0.15, 0.2) is 47.8 Å². The van der Waals surface area contributed by atoms with Gasteiger partial charge >= 0.3 is 0 Å². The zero-order valence-electron chi connectivity index (χ0n) is 14.7. The van der Waals surface area contributed by atoms with Crippen molar-refractivity contribution in [3.8, 4) is 11.3 Å². The molecule has 2 heterocycles. The second-order valence-electron chi connectivity index (χ2n) is 7.48. The van der Waals surface area contributed by atoms with Crippen molar-refractivity contribution >= 4 is 38.0 Å². The first-order valence-corrected chi connectivity index (χ1v) is 9.80. The Morgan fingerprint density at radius 2 is 1.89 bits per heavy atom. The molecule has 0 aliphatic heterocycles. The van der Waals surface area contributed by atoms with Gasteiger partial charge in [0.15, 0.2) is 5.82 Å². The number of rotatable bonds is 3. The largest absolute Gasteiger partial charge is 0.390 e. The highest BCUT2D eigenvalue weighted by Crippen LogP contribution is 2.37. The molecular weight excluding hydrogens is 361 g/mol. The van der Waals surface area contributed by atoms with Gasteiger partial charge in [-0.15, -0.1) is 21.5 Å². The summed E-state index contributed by atoms with van der Waals surface area (Å²) < 4.78 is 14.7. The fraction of sp³-hybridized carbons (Fsp3) is 0.238. The molecule has 1 aliphatic rings. The molecule has 0 unspecified atom stereocenters. The lowest BCUT2D eigenvalue weighted by Crippen LogP contribution is -2.48. The smallest absolute Gasteiger partial charge is 0.156 e. The van der Waals surface area contributed by atoms with Crippen LogP contribution in [0.25, 0.3) is 32.1 Å². The molecule has 0 bridgehead atoms. The number of benzene rings is 2. The molecule has 2 N–H and O–H groups in total. The van der Waals surface area contributed by atoms with E-state index in [1.54, 1.807) is 6.07 Å². The molecule has 0 saturated heterocycles. The van der Waals surface area contributed by atoms with Crippen LogP contribution in [-0.2, 0) is 0 Å². The first kappa shape index (κ1) is 16.6. The molecule has 0 radical (unpaired) electrons. The third-order valence-electron chi connectivity index (χ3n) is 5.20. The molecule has 5 rings (SSSR count). The Morgan fingerprint density at radius 3 is 2.67 bits per heavy atom. The molecule has 1 aliphatic carbocycles. The Hall–Kier alpha value is -2.57. The van der Waals surface area contributed by atoms with Crippen molar-refractivity contribution in [1.29, 1.82) is 0 Å². The lowest BCUT2D eigenvalue weighted by atomic mass is 9.77. The van der Waals surface area contributed by atoms with E-state index in [4.69, 9.17) is 0 Å². The summed E-state index contributed by atoms with van der Waals surface area (Å²) in [5.74, 6) is 0.548. The number of thiophene rings is 1. The molecular formula is C21H18FN3OS. The number of hydrogen-bond acceptors (Lipinski definition) is 5. The van der Waals surface area contributed by atoms with Gasteiger partial charge in [0.25, 0.3) is 0 Å². The average molecular weight is 379 g/mol. The van der Waals surface area contributed by atoms with Crippen molar-refractivity contribution in [1.82, 2.24) is 10.2 Å². The molecule has 4 aromatic rings. The highest BCUT2D eigenvalue weighted by molar-refractivity contribution is 7.17. The van der Waals surface area contributed by atoms with E-state index in [1.807, 2.05) is 43.3 Å². The summed E-state index contributed by atoms with van der Waals surface area (Å²) >= 11 is 1.39. The van der Waals surface area contributed by atoms with E-state index in [9.17, 15) is 9.50 Å². The van der Waals surface area contributed by atoms with Gasteiger partial charge in [0.1, 0.15) is 11.5 Å². The van der Waals surface area contributed by atoms with Crippen LogP contribution >= 0.6 is 11.3 Å². The number of aliphatic hydroxyl groups is 1. The number of aromatic nitrogens is 2. The van der Waals surface area contributed by atoms with Gasteiger partial charge in [-0.2, -0.15) is 0 Å². The Morgan fingerprint density at radius 1 is 1.11 bits per heavy atom. The van der Waals surface area contributed by atoms with Gasteiger partial charge in [0.05, 0.1) is 5.60 Å². The second-order valence-corrected chi connectivity index (χ2v) is 8.40. The zero-order valence-corrected chi connectivity index (χ0v) is 15.6. The molecule has 0 atom stereocenters. The van der Waals surface area contributed by atoms with E-state index in [2.05, 4.69) is 15.5 Å². The van der Waals surface area contributed by atoms with Crippen LogP contribution in [0.5, 0.6) is 0 Å². The van der Waals surface area contributed by atoms with Gasteiger partial charge in [-0.1, -0.05) is 30.3 Å². The molecule has 4 nitrogen and oxygen atoms in total. The molecule has 27 heavy (non-hydrogen) atoms. The normalized spacial score (nSPS) is 22.1. The van der Waals surface area contributed by atoms with Crippen LogP contribution in [0.4, 0.5) is 10.2 Å². The number of anilines is 1. The van der Waals surface area contributed by atoms with Crippen LogP contribution in [-0.4, -0.2) is 26.9 Å². The van der Waals surface area contributed by atoms with Crippen LogP contribution in [0.1, 0.15) is 19.8 Å². The maximum absolute atomic E-state index is 13.8. The summed E-state index contributed by atoms with van der Waals surface area (Å²) in [6, 6.07) is 13.9. The third kappa shape index (κ3) is 2.85. The molecule has 0 amide bonds. The molecule has 1 fully saturated rings. The molecule has 2 aromatic heterocycles. The minimum Gasteiger partial charge on any atom is -0.390 e.